The van der Waals surface area contributed by atoms with Crippen molar-refractivity contribution in [1.29, 1.82) is 0 Å². The fourth-order valence-electron chi connectivity index (χ4n) is 2.32. The molecule has 0 spiro atoms. The van der Waals surface area contributed by atoms with Gasteiger partial charge in [0, 0.05) is 0 Å². The summed E-state index contributed by atoms with van der Waals surface area (Å²) >= 11 is 0. The van der Waals surface area contributed by atoms with Crippen LogP contribution in [0.4, 0.5) is 4.79 Å². The molecule has 0 bridgehead atoms. The lowest BCUT2D eigenvalue weighted by molar-refractivity contribution is -0.0744. The molecule has 0 aliphatic carbocycles. The first-order valence-electron chi connectivity index (χ1n) is 6.46. The predicted molar refractivity (Wildman–Crippen MR) is 70.1 cm³/mol. The number of amides is 1. The maximum atomic E-state index is 11.2. The van der Waals surface area contributed by atoms with Crippen LogP contribution in [0.3, 0.4) is 0 Å². The maximum Gasteiger partial charge on any atom is 0.407 e. The number of benzene rings is 1. The number of aryl methyl sites for hydroxylation is 1. The Bertz CT molecular complexity index is 409. The Labute approximate surface area is 112 Å². The fourth-order valence-corrected chi connectivity index (χ4v) is 2.32. The molecule has 2 N–H and O–H groups in total. The SMILES string of the molecule is O=C(O)N1CC(CO)OCC1CCc1ccccc1. The van der Waals surface area contributed by atoms with E-state index in [2.05, 4.69) is 0 Å². The van der Waals surface area contributed by atoms with E-state index in [1.807, 2.05) is 30.3 Å². The first-order chi connectivity index (χ1) is 9.20. The van der Waals surface area contributed by atoms with Crippen molar-refractivity contribution >= 4 is 6.09 Å². The highest BCUT2D eigenvalue weighted by molar-refractivity contribution is 5.65. The van der Waals surface area contributed by atoms with Gasteiger partial charge in [-0.05, 0) is 18.4 Å². The van der Waals surface area contributed by atoms with Crippen LogP contribution in [0.15, 0.2) is 30.3 Å². The Morgan fingerprint density at radius 2 is 2.11 bits per heavy atom. The Kier molecular flexibility index (Phi) is 4.76. The summed E-state index contributed by atoms with van der Waals surface area (Å²) in [4.78, 5) is 12.6. The number of ether oxygens (including phenoxy) is 1. The van der Waals surface area contributed by atoms with Gasteiger partial charge in [0.25, 0.3) is 0 Å². The second-order valence-electron chi connectivity index (χ2n) is 4.75. The van der Waals surface area contributed by atoms with Gasteiger partial charge in [0.1, 0.15) is 0 Å². The zero-order chi connectivity index (χ0) is 13.7. The van der Waals surface area contributed by atoms with Crippen LogP contribution in [0.1, 0.15) is 12.0 Å². The van der Waals surface area contributed by atoms with Gasteiger partial charge in [-0.25, -0.2) is 4.79 Å². The van der Waals surface area contributed by atoms with Crippen LogP contribution in [0.25, 0.3) is 0 Å². The van der Waals surface area contributed by atoms with Gasteiger partial charge in [0.05, 0.1) is 31.9 Å². The van der Waals surface area contributed by atoms with Crippen molar-refractivity contribution in [3.05, 3.63) is 35.9 Å². The second-order valence-corrected chi connectivity index (χ2v) is 4.75. The van der Waals surface area contributed by atoms with E-state index in [0.717, 1.165) is 12.8 Å². The summed E-state index contributed by atoms with van der Waals surface area (Å²) in [7, 11) is 0. The van der Waals surface area contributed by atoms with E-state index >= 15 is 0 Å². The van der Waals surface area contributed by atoms with Gasteiger partial charge in [-0.2, -0.15) is 0 Å². The lowest BCUT2D eigenvalue weighted by Gasteiger charge is -2.37. The molecule has 2 unspecified atom stereocenters. The molecule has 104 valence electrons. The zero-order valence-corrected chi connectivity index (χ0v) is 10.7. The highest BCUT2D eigenvalue weighted by atomic mass is 16.5. The molecule has 1 aliphatic rings. The molecule has 1 saturated heterocycles. The zero-order valence-electron chi connectivity index (χ0n) is 10.7. The number of hydrogen-bond acceptors (Lipinski definition) is 3. The number of morpholine rings is 1. The quantitative estimate of drug-likeness (QED) is 0.862. The Hall–Kier alpha value is -1.59. The summed E-state index contributed by atoms with van der Waals surface area (Å²) in [6.45, 7) is 0.449. The number of hydrogen-bond donors (Lipinski definition) is 2. The van der Waals surface area contributed by atoms with E-state index < -0.39 is 12.2 Å². The largest absolute Gasteiger partial charge is 0.465 e. The molecule has 0 saturated carbocycles. The average Bonchev–Trinajstić information content (AvgIpc) is 2.46. The second kappa shape index (κ2) is 6.54. The van der Waals surface area contributed by atoms with Crippen molar-refractivity contribution in [1.82, 2.24) is 4.90 Å². The Balaban J connectivity index is 1.93. The van der Waals surface area contributed by atoms with E-state index in [-0.39, 0.29) is 19.2 Å². The molecule has 2 rings (SSSR count). The van der Waals surface area contributed by atoms with Crippen LogP contribution in [0.5, 0.6) is 0 Å². The van der Waals surface area contributed by atoms with E-state index in [9.17, 15) is 9.90 Å². The smallest absolute Gasteiger partial charge is 0.407 e. The predicted octanol–water partition coefficient (Wildman–Crippen LogP) is 1.36. The topological polar surface area (TPSA) is 70.0 Å². The molecule has 1 aromatic carbocycles. The molecule has 2 atom stereocenters. The third-order valence-corrected chi connectivity index (χ3v) is 3.42. The van der Waals surface area contributed by atoms with Crippen LogP contribution in [0.2, 0.25) is 0 Å². The first kappa shape index (κ1) is 13.8. The van der Waals surface area contributed by atoms with E-state index in [1.54, 1.807) is 0 Å². The summed E-state index contributed by atoms with van der Waals surface area (Å²) in [6.07, 6.45) is 0.209. The van der Waals surface area contributed by atoms with Gasteiger partial charge in [0.15, 0.2) is 0 Å². The van der Waals surface area contributed by atoms with Gasteiger partial charge in [-0.1, -0.05) is 30.3 Å². The summed E-state index contributed by atoms with van der Waals surface area (Å²) in [6, 6.07) is 9.84. The molecule has 0 aromatic heterocycles. The molecule has 0 radical (unpaired) electrons. The number of carboxylic acid groups (broad SMARTS) is 1. The van der Waals surface area contributed by atoms with E-state index in [4.69, 9.17) is 9.84 Å². The monoisotopic (exact) mass is 265 g/mol. The van der Waals surface area contributed by atoms with Gasteiger partial charge in [-0.15, -0.1) is 0 Å². The Morgan fingerprint density at radius 3 is 2.74 bits per heavy atom. The number of aliphatic hydroxyl groups excluding tert-OH is 1. The maximum absolute atomic E-state index is 11.2. The highest BCUT2D eigenvalue weighted by Gasteiger charge is 2.31. The molecule has 5 nitrogen and oxygen atoms in total. The van der Waals surface area contributed by atoms with Gasteiger partial charge < -0.3 is 19.8 Å². The lowest BCUT2D eigenvalue weighted by Crippen LogP contribution is -2.52. The molecular weight excluding hydrogens is 246 g/mol. The molecule has 1 heterocycles. The Morgan fingerprint density at radius 1 is 1.37 bits per heavy atom. The standard InChI is InChI=1S/C14H19NO4/c16-9-13-8-15(14(17)18)12(10-19-13)7-6-11-4-2-1-3-5-11/h1-5,12-13,16H,6-10H2,(H,17,18). The third kappa shape index (κ3) is 3.68. The number of carbonyl (C=O) groups is 1. The van der Waals surface area contributed by atoms with E-state index in [1.165, 1.54) is 10.5 Å². The average molecular weight is 265 g/mol. The third-order valence-electron chi connectivity index (χ3n) is 3.42. The molecular formula is C14H19NO4. The number of rotatable bonds is 4. The minimum atomic E-state index is -0.945. The molecule has 5 heteroatoms. The van der Waals surface area contributed by atoms with Crippen molar-refractivity contribution in [3.8, 4) is 0 Å². The van der Waals surface area contributed by atoms with Crippen molar-refractivity contribution in [3.63, 3.8) is 0 Å². The number of aliphatic hydroxyl groups is 1. The molecule has 1 fully saturated rings. The van der Waals surface area contributed by atoms with Gasteiger partial charge in [-0.3, -0.25) is 0 Å². The highest BCUT2D eigenvalue weighted by Crippen LogP contribution is 2.17. The molecule has 1 aromatic rings. The van der Waals surface area contributed by atoms with Crippen LogP contribution < -0.4 is 0 Å². The van der Waals surface area contributed by atoms with E-state index in [0.29, 0.717) is 6.61 Å². The first-order valence-corrected chi connectivity index (χ1v) is 6.46. The minimum absolute atomic E-state index is 0.138. The van der Waals surface area contributed by atoms with Crippen molar-refractivity contribution in [2.24, 2.45) is 0 Å². The van der Waals surface area contributed by atoms with Crippen LogP contribution >= 0.6 is 0 Å². The number of nitrogens with zero attached hydrogens (tertiary/aromatic N) is 1. The summed E-state index contributed by atoms with van der Waals surface area (Å²) < 4.78 is 5.45. The minimum Gasteiger partial charge on any atom is -0.465 e. The molecule has 19 heavy (non-hydrogen) atoms. The van der Waals surface area contributed by atoms with Crippen LogP contribution in [-0.2, 0) is 11.2 Å². The summed E-state index contributed by atoms with van der Waals surface area (Å²) in [5.41, 5.74) is 1.19. The summed E-state index contributed by atoms with van der Waals surface area (Å²) in [5, 5.41) is 18.2. The van der Waals surface area contributed by atoms with Gasteiger partial charge in [0.2, 0.25) is 0 Å². The van der Waals surface area contributed by atoms with Crippen LogP contribution in [0, 0.1) is 0 Å². The van der Waals surface area contributed by atoms with Crippen LogP contribution in [-0.4, -0.2) is 53.1 Å². The van der Waals surface area contributed by atoms with Gasteiger partial charge >= 0.3 is 6.09 Å². The molecule has 1 aliphatic heterocycles. The van der Waals surface area contributed by atoms with Crippen molar-refractivity contribution < 1.29 is 19.7 Å². The summed E-state index contributed by atoms with van der Waals surface area (Å²) in [5.74, 6) is 0. The van der Waals surface area contributed by atoms with Crippen molar-refractivity contribution in [2.45, 2.75) is 25.0 Å². The lowest BCUT2D eigenvalue weighted by atomic mass is 10.0. The normalized spacial score (nSPS) is 23.3. The fraction of sp³-hybridized carbons (Fsp3) is 0.500. The molecule has 1 amide bonds. The van der Waals surface area contributed by atoms with Crippen molar-refractivity contribution in [2.75, 3.05) is 19.8 Å².